The van der Waals surface area contributed by atoms with Crippen LogP contribution in [-0.4, -0.2) is 15.3 Å². The Morgan fingerprint density at radius 3 is 2.09 bits per heavy atom. The van der Waals surface area contributed by atoms with E-state index in [0.717, 1.165) is 0 Å². The van der Waals surface area contributed by atoms with Crippen LogP contribution in [0, 0.1) is 0 Å². The van der Waals surface area contributed by atoms with E-state index in [9.17, 15) is 9.59 Å². The van der Waals surface area contributed by atoms with Crippen molar-refractivity contribution in [2.45, 2.75) is 10.2 Å². The maximum Gasteiger partial charge on any atom is 0.237 e. The van der Waals surface area contributed by atoms with E-state index in [1.807, 2.05) is 0 Å². The van der Waals surface area contributed by atoms with Crippen molar-refractivity contribution in [3.8, 4) is 0 Å². The molecule has 11 heavy (non-hydrogen) atoms. The van der Waals surface area contributed by atoms with E-state index in [4.69, 9.17) is 0 Å². The molecule has 0 unspecified atom stereocenters. The van der Waals surface area contributed by atoms with E-state index in [-0.39, 0.29) is 11.4 Å². The van der Waals surface area contributed by atoms with Gasteiger partial charge < -0.3 is 0 Å². The average Bonchev–Trinajstić information content (AvgIpc) is 1.88. The standard InChI is InChI=1S/C6H4Br3O2/c1-6(8,9)5(11)4(2-7)3-10/h2H,1H3. The number of alkyl halides is 2. The Morgan fingerprint density at radius 2 is 2.00 bits per heavy atom. The zero-order valence-corrected chi connectivity index (χ0v) is 10.3. The molecule has 0 aromatic carbocycles. The smallest absolute Gasteiger partial charge is 0.237 e. The third-order valence-corrected chi connectivity index (χ3v) is 2.04. The molecule has 0 aromatic rings. The van der Waals surface area contributed by atoms with E-state index >= 15 is 0 Å². The monoisotopic (exact) mass is 345 g/mol. The molecule has 0 bridgehead atoms. The first-order chi connectivity index (χ1) is 4.93. The Bertz CT molecular complexity index is 202. The number of ketones is 1. The molecule has 1 radical (unpaired) electrons. The predicted molar refractivity (Wildman–Crippen MR) is 54.0 cm³/mol. The van der Waals surface area contributed by atoms with E-state index < -0.39 is 3.23 Å². The topological polar surface area (TPSA) is 34.1 Å². The zero-order chi connectivity index (χ0) is 9.07. The number of carbonyl (C=O) groups excluding carboxylic acids is 2. The molecule has 0 amide bonds. The van der Waals surface area contributed by atoms with Crippen LogP contribution in [0.2, 0.25) is 0 Å². The lowest BCUT2D eigenvalue weighted by atomic mass is 10.2. The van der Waals surface area contributed by atoms with Crippen LogP contribution < -0.4 is 0 Å². The Kier molecular flexibility index (Phi) is 4.74. The number of Topliss-reactive ketones (excluding diaryl/α,β-unsaturated/α-hetero) is 1. The summed E-state index contributed by atoms with van der Waals surface area (Å²) in [6.45, 7) is 1.59. The average molecular weight is 348 g/mol. The van der Waals surface area contributed by atoms with Crippen LogP contribution in [0.1, 0.15) is 6.92 Å². The molecule has 0 rings (SSSR count). The van der Waals surface area contributed by atoms with Gasteiger partial charge in [-0.05, 0) is 11.9 Å². The minimum absolute atomic E-state index is 0.0405. The summed E-state index contributed by atoms with van der Waals surface area (Å²) in [5.74, 6) is -0.371. The normalized spacial score (nSPS) is 12.9. The molecule has 0 fully saturated rings. The van der Waals surface area contributed by atoms with Crippen LogP contribution in [0.5, 0.6) is 0 Å². The summed E-state index contributed by atoms with van der Waals surface area (Å²) in [6.07, 6.45) is 1.51. The first kappa shape index (κ1) is 11.5. The third kappa shape index (κ3) is 3.62. The number of carbonyl (C=O) groups is 1. The van der Waals surface area contributed by atoms with Gasteiger partial charge in [-0.25, -0.2) is 0 Å². The lowest BCUT2D eigenvalue weighted by Gasteiger charge is -2.10. The third-order valence-electron chi connectivity index (χ3n) is 0.862. The van der Waals surface area contributed by atoms with Crippen LogP contribution in [-0.2, 0) is 9.59 Å². The Morgan fingerprint density at radius 1 is 1.55 bits per heavy atom. The van der Waals surface area contributed by atoms with Gasteiger partial charge in [0.25, 0.3) is 0 Å². The number of halogens is 3. The molecule has 0 N–H and O–H groups in total. The fourth-order valence-corrected chi connectivity index (χ4v) is 1.08. The van der Waals surface area contributed by atoms with Crippen molar-refractivity contribution in [1.29, 1.82) is 0 Å². The number of rotatable bonds is 3. The maximum absolute atomic E-state index is 11.2. The van der Waals surface area contributed by atoms with Crippen molar-refractivity contribution in [3.63, 3.8) is 0 Å². The van der Waals surface area contributed by atoms with Crippen molar-refractivity contribution in [2.24, 2.45) is 0 Å². The Balaban J connectivity index is 4.62. The van der Waals surface area contributed by atoms with Crippen LogP contribution >= 0.6 is 47.8 Å². The quantitative estimate of drug-likeness (QED) is 0.340. The summed E-state index contributed by atoms with van der Waals surface area (Å²) < 4.78 is -0.892. The number of allylic oxidation sites excluding steroid dienone is 1. The van der Waals surface area contributed by atoms with Gasteiger partial charge in [0.1, 0.15) is 3.23 Å². The van der Waals surface area contributed by atoms with Gasteiger partial charge in [0, 0.05) is 0 Å². The second kappa shape index (κ2) is 4.52. The van der Waals surface area contributed by atoms with Gasteiger partial charge in [-0.1, -0.05) is 47.8 Å². The molecule has 0 saturated carbocycles. The van der Waals surface area contributed by atoms with E-state index in [1.165, 1.54) is 11.3 Å². The maximum atomic E-state index is 11.2. The van der Waals surface area contributed by atoms with E-state index in [2.05, 4.69) is 47.8 Å². The molecular weight excluding hydrogens is 344 g/mol. The summed E-state index contributed by atoms with van der Waals surface area (Å²) in [5, 5.41) is 0. The van der Waals surface area contributed by atoms with Crippen molar-refractivity contribution < 1.29 is 9.59 Å². The molecule has 61 valence electrons. The highest BCUT2D eigenvalue weighted by Crippen LogP contribution is 2.28. The Labute approximate surface area is 89.8 Å². The van der Waals surface area contributed by atoms with Gasteiger partial charge in [-0.2, -0.15) is 0 Å². The van der Waals surface area contributed by atoms with Crippen LogP contribution in [0.4, 0.5) is 0 Å². The molecule has 0 aliphatic rings. The van der Waals surface area contributed by atoms with E-state index in [1.54, 1.807) is 6.92 Å². The van der Waals surface area contributed by atoms with Gasteiger partial charge in [0.15, 0.2) is 5.78 Å². The first-order valence-electron chi connectivity index (χ1n) is 2.54. The van der Waals surface area contributed by atoms with Gasteiger partial charge in [-0.3, -0.25) is 9.59 Å². The van der Waals surface area contributed by atoms with Crippen molar-refractivity contribution in [3.05, 3.63) is 10.6 Å². The number of hydrogen-bond donors (Lipinski definition) is 0. The summed E-state index contributed by atoms with van der Waals surface area (Å²) in [4.78, 5) is 22.5. The minimum atomic E-state index is -0.892. The lowest BCUT2D eigenvalue weighted by Crippen LogP contribution is -2.22. The molecule has 0 aromatic heterocycles. The Hall–Kier alpha value is 0.520. The van der Waals surface area contributed by atoms with Crippen LogP contribution in [0.25, 0.3) is 0 Å². The molecule has 0 saturated heterocycles. The highest BCUT2D eigenvalue weighted by molar-refractivity contribution is 9.25. The molecule has 0 heterocycles. The zero-order valence-electron chi connectivity index (χ0n) is 5.53. The molecule has 5 heteroatoms. The second-order valence-electron chi connectivity index (χ2n) is 1.84. The van der Waals surface area contributed by atoms with Crippen molar-refractivity contribution >= 4 is 59.9 Å². The minimum Gasteiger partial charge on any atom is -0.291 e. The summed E-state index contributed by atoms with van der Waals surface area (Å²) in [6, 6.07) is 0. The highest BCUT2D eigenvalue weighted by atomic mass is 79.9. The first-order valence-corrected chi connectivity index (χ1v) is 5.04. The van der Waals surface area contributed by atoms with Crippen molar-refractivity contribution in [1.82, 2.24) is 0 Å². The van der Waals surface area contributed by atoms with Gasteiger partial charge in [-0.15, -0.1) is 0 Å². The molecule has 2 nitrogen and oxygen atoms in total. The summed E-state index contributed by atoms with van der Waals surface area (Å²) >= 11 is 8.99. The van der Waals surface area contributed by atoms with Gasteiger partial charge in [0.05, 0.1) is 5.57 Å². The second-order valence-corrected chi connectivity index (χ2v) is 6.54. The molecule has 0 spiro atoms. The molecule has 0 aliphatic heterocycles. The molecular formula is C6H4Br3O2. The SMILES string of the molecule is CC(Br)(Br)C(=O)C([C]=O)=CBr. The largest absolute Gasteiger partial charge is 0.291 e. The summed E-state index contributed by atoms with van der Waals surface area (Å²) in [5.41, 5.74) is -0.0405. The lowest BCUT2D eigenvalue weighted by molar-refractivity contribution is -0.114. The van der Waals surface area contributed by atoms with E-state index in [0.29, 0.717) is 0 Å². The van der Waals surface area contributed by atoms with Crippen LogP contribution in [0.15, 0.2) is 10.6 Å². The fourth-order valence-electron chi connectivity index (χ4n) is 0.355. The highest BCUT2D eigenvalue weighted by Gasteiger charge is 2.28. The molecule has 0 aliphatic carbocycles. The van der Waals surface area contributed by atoms with Crippen LogP contribution in [0.3, 0.4) is 0 Å². The summed E-state index contributed by atoms with van der Waals surface area (Å²) in [7, 11) is 0. The van der Waals surface area contributed by atoms with Crippen molar-refractivity contribution in [2.75, 3.05) is 0 Å². The fraction of sp³-hybridized carbons (Fsp3) is 0.333. The number of hydrogen-bond acceptors (Lipinski definition) is 2. The van der Waals surface area contributed by atoms with Gasteiger partial charge >= 0.3 is 0 Å². The molecule has 0 atom stereocenters. The van der Waals surface area contributed by atoms with Gasteiger partial charge in [0.2, 0.25) is 6.29 Å². The predicted octanol–water partition coefficient (Wildman–Crippen LogP) is 2.45.